The molecule has 2 aromatic rings. The lowest BCUT2D eigenvalue weighted by atomic mass is 10.0. The van der Waals surface area contributed by atoms with Crippen LogP contribution in [0, 0.1) is 11.3 Å². The minimum atomic E-state index is -0.873. The molecule has 2 N–H and O–H groups in total. The van der Waals surface area contributed by atoms with Gasteiger partial charge in [-0.25, -0.2) is 4.79 Å². The molecule has 0 heterocycles. The van der Waals surface area contributed by atoms with E-state index in [-0.39, 0.29) is 31.2 Å². The highest BCUT2D eigenvalue weighted by atomic mass is 16.5. The molecule has 2 aromatic carbocycles. The number of nitrogens with one attached hydrogen (secondary N) is 2. The number of hydrogen-bond donors (Lipinski definition) is 2. The van der Waals surface area contributed by atoms with Crippen molar-refractivity contribution >= 4 is 17.8 Å². The molecule has 156 valence electrons. The normalized spacial score (nSPS) is 12.2. The van der Waals surface area contributed by atoms with E-state index in [9.17, 15) is 14.4 Å². The molecule has 0 aromatic heterocycles. The molecule has 0 aliphatic heterocycles. The molecule has 0 spiro atoms. The minimum Gasteiger partial charge on any atom is -0.467 e. The number of benzene rings is 2. The summed E-state index contributed by atoms with van der Waals surface area (Å²) in [5, 5.41) is 14.3. The SMILES string of the molecule is COC(=O)[C@H](Cc1ccc(C#N)cc1)NC(=O)CCC(=O)N[C@H](C)c1ccccc1. The van der Waals surface area contributed by atoms with Crippen molar-refractivity contribution in [2.45, 2.75) is 38.3 Å². The molecule has 0 fully saturated rings. The first-order valence-corrected chi connectivity index (χ1v) is 9.63. The van der Waals surface area contributed by atoms with Gasteiger partial charge in [-0.05, 0) is 30.2 Å². The Morgan fingerprint density at radius 1 is 0.967 bits per heavy atom. The lowest BCUT2D eigenvalue weighted by Crippen LogP contribution is -2.43. The molecule has 0 unspecified atom stereocenters. The van der Waals surface area contributed by atoms with E-state index in [1.165, 1.54) is 7.11 Å². The van der Waals surface area contributed by atoms with Gasteiger partial charge in [0.25, 0.3) is 0 Å². The number of esters is 1. The van der Waals surface area contributed by atoms with Crippen LogP contribution in [-0.4, -0.2) is 30.9 Å². The van der Waals surface area contributed by atoms with Crippen molar-refractivity contribution in [2.24, 2.45) is 0 Å². The molecule has 2 amide bonds. The summed E-state index contributed by atoms with van der Waals surface area (Å²) in [5.41, 5.74) is 2.26. The topological polar surface area (TPSA) is 108 Å². The van der Waals surface area contributed by atoms with Crippen LogP contribution in [0.4, 0.5) is 0 Å². The zero-order valence-electron chi connectivity index (χ0n) is 17.1. The fourth-order valence-corrected chi connectivity index (χ4v) is 2.92. The van der Waals surface area contributed by atoms with Gasteiger partial charge < -0.3 is 15.4 Å². The highest BCUT2D eigenvalue weighted by Crippen LogP contribution is 2.12. The van der Waals surface area contributed by atoms with Crippen LogP contribution in [0.1, 0.15) is 42.5 Å². The van der Waals surface area contributed by atoms with Gasteiger partial charge in [-0.1, -0.05) is 42.5 Å². The number of amides is 2. The molecular weight excluding hydrogens is 382 g/mol. The summed E-state index contributed by atoms with van der Waals surface area (Å²) in [6.45, 7) is 1.87. The number of rotatable bonds is 9. The first kappa shape index (κ1) is 22.6. The molecule has 0 aliphatic carbocycles. The monoisotopic (exact) mass is 407 g/mol. The number of methoxy groups -OCH3 is 1. The lowest BCUT2D eigenvalue weighted by Gasteiger charge is -2.17. The molecule has 7 heteroatoms. The van der Waals surface area contributed by atoms with Gasteiger partial charge in [0.05, 0.1) is 24.8 Å². The van der Waals surface area contributed by atoms with Crippen molar-refractivity contribution in [1.29, 1.82) is 5.26 Å². The number of carbonyl (C=O) groups is 3. The maximum Gasteiger partial charge on any atom is 0.328 e. The minimum absolute atomic E-state index is 0.00770. The molecule has 0 saturated carbocycles. The zero-order chi connectivity index (χ0) is 21.9. The maximum absolute atomic E-state index is 12.3. The van der Waals surface area contributed by atoms with E-state index in [1.807, 2.05) is 43.3 Å². The molecule has 0 aliphatic rings. The number of ether oxygens (including phenoxy) is 1. The van der Waals surface area contributed by atoms with Gasteiger partial charge in [-0.15, -0.1) is 0 Å². The Balaban J connectivity index is 1.86. The molecule has 2 rings (SSSR count). The van der Waals surface area contributed by atoms with E-state index in [2.05, 4.69) is 10.6 Å². The Hall–Kier alpha value is -3.66. The Labute approximate surface area is 176 Å². The molecule has 30 heavy (non-hydrogen) atoms. The molecule has 0 saturated heterocycles. The zero-order valence-corrected chi connectivity index (χ0v) is 17.1. The van der Waals surface area contributed by atoms with E-state index >= 15 is 0 Å². The molecule has 0 bridgehead atoms. The summed E-state index contributed by atoms with van der Waals surface area (Å²) < 4.78 is 4.77. The second-order valence-electron chi connectivity index (χ2n) is 6.86. The third-order valence-corrected chi connectivity index (χ3v) is 4.60. The van der Waals surface area contributed by atoms with Crippen molar-refractivity contribution in [3.63, 3.8) is 0 Å². The number of nitriles is 1. The van der Waals surface area contributed by atoms with Crippen LogP contribution >= 0.6 is 0 Å². The third kappa shape index (κ3) is 7.06. The van der Waals surface area contributed by atoms with Crippen LogP contribution in [0.2, 0.25) is 0 Å². The van der Waals surface area contributed by atoms with Gasteiger partial charge in [-0.3, -0.25) is 9.59 Å². The van der Waals surface area contributed by atoms with Gasteiger partial charge in [0, 0.05) is 19.3 Å². The van der Waals surface area contributed by atoms with Gasteiger partial charge in [0.15, 0.2) is 0 Å². The Morgan fingerprint density at radius 3 is 2.13 bits per heavy atom. The Bertz CT molecular complexity index is 904. The smallest absolute Gasteiger partial charge is 0.328 e. The number of nitrogens with zero attached hydrogens (tertiary/aromatic N) is 1. The lowest BCUT2D eigenvalue weighted by molar-refractivity contribution is -0.145. The highest BCUT2D eigenvalue weighted by Gasteiger charge is 2.22. The van der Waals surface area contributed by atoms with Crippen LogP contribution in [0.25, 0.3) is 0 Å². The van der Waals surface area contributed by atoms with Crippen molar-refractivity contribution in [3.05, 3.63) is 71.3 Å². The number of carbonyl (C=O) groups excluding carboxylic acids is 3. The predicted octanol–water partition coefficient (Wildman–Crippen LogP) is 2.42. The van der Waals surface area contributed by atoms with Crippen LogP contribution in [-0.2, 0) is 25.5 Å². The summed E-state index contributed by atoms with van der Waals surface area (Å²) >= 11 is 0. The first-order valence-electron chi connectivity index (χ1n) is 9.63. The largest absolute Gasteiger partial charge is 0.467 e. The molecule has 2 atom stereocenters. The van der Waals surface area contributed by atoms with Crippen molar-refractivity contribution in [1.82, 2.24) is 10.6 Å². The second-order valence-corrected chi connectivity index (χ2v) is 6.86. The summed E-state index contributed by atoms with van der Waals surface area (Å²) in [6, 6.07) is 17.2. The standard InChI is InChI=1S/C23H25N3O4/c1-16(19-6-4-3-5-7-19)25-21(27)12-13-22(28)26-20(23(29)30-2)14-17-8-10-18(15-24)11-9-17/h3-11,16,20H,12-14H2,1-2H3,(H,25,27)(H,26,28)/t16-,20+/m1/s1. The summed E-state index contributed by atoms with van der Waals surface area (Å²) in [7, 11) is 1.25. The van der Waals surface area contributed by atoms with Crippen LogP contribution in [0.15, 0.2) is 54.6 Å². The maximum atomic E-state index is 12.3. The average molecular weight is 407 g/mol. The molecule has 7 nitrogen and oxygen atoms in total. The Kier molecular flexibility index (Phi) is 8.57. The average Bonchev–Trinajstić information content (AvgIpc) is 2.77. The highest BCUT2D eigenvalue weighted by molar-refractivity contribution is 5.87. The van der Waals surface area contributed by atoms with Gasteiger partial charge in [0.1, 0.15) is 6.04 Å². The third-order valence-electron chi connectivity index (χ3n) is 4.60. The summed E-state index contributed by atoms with van der Waals surface area (Å²) in [4.78, 5) is 36.5. The van der Waals surface area contributed by atoms with E-state index in [0.717, 1.165) is 11.1 Å². The van der Waals surface area contributed by atoms with E-state index in [1.54, 1.807) is 24.3 Å². The Morgan fingerprint density at radius 2 is 1.57 bits per heavy atom. The van der Waals surface area contributed by atoms with Crippen molar-refractivity contribution in [3.8, 4) is 6.07 Å². The van der Waals surface area contributed by atoms with Crippen molar-refractivity contribution < 1.29 is 19.1 Å². The van der Waals surface area contributed by atoms with Gasteiger partial charge in [-0.2, -0.15) is 5.26 Å². The fraction of sp³-hybridized carbons (Fsp3) is 0.304. The molecular formula is C23H25N3O4. The van der Waals surface area contributed by atoms with Crippen LogP contribution in [0.3, 0.4) is 0 Å². The predicted molar refractivity (Wildman–Crippen MR) is 111 cm³/mol. The number of hydrogen-bond acceptors (Lipinski definition) is 5. The summed E-state index contributed by atoms with van der Waals surface area (Å²) in [5.74, 6) is -1.24. The summed E-state index contributed by atoms with van der Waals surface area (Å²) in [6.07, 6.45) is 0.184. The van der Waals surface area contributed by atoms with E-state index in [0.29, 0.717) is 5.56 Å². The van der Waals surface area contributed by atoms with Gasteiger partial charge in [0.2, 0.25) is 11.8 Å². The first-order chi connectivity index (χ1) is 14.4. The van der Waals surface area contributed by atoms with Crippen LogP contribution in [0.5, 0.6) is 0 Å². The van der Waals surface area contributed by atoms with Crippen LogP contribution < -0.4 is 10.6 Å². The second kappa shape index (κ2) is 11.4. The quantitative estimate of drug-likeness (QED) is 0.621. The molecule has 0 radical (unpaired) electrons. The van der Waals surface area contributed by atoms with E-state index < -0.39 is 17.9 Å². The fourth-order valence-electron chi connectivity index (χ4n) is 2.92. The van der Waals surface area contributed by atoms with E-state index in [4.69, 9.17) is 10.00 Å². The van der Waals surface area contributed by atoms with Gasteiger partial charge >= 0.3 is 5.97 Å². The van der Waals surface area contributed by atoms with Crippen molar-refractivity contribution in [2.75, 3.05) is 7.11 Å².